The van der Waals surface area contributed by atoms with Gasteiger partial charge in [0.2, 0.25) is 10.0 Å². The fourth-order valence-corrected chi connectivity index (χ4v) is 4.37. The average molecular weight is 422 g/mol. The van der Waals surface area contributed by atoms with Gasteiger partial charge in [-0.2, -0.15) is 0 Å². The highest BCUT2D eigenvalue weighted by Gasteiger charge is 2.35. The lowest BCUT2D eigenvalue weighted by molar-refractivity contribution is -0.127. The lowest BCUT2D eigenvalue weighted by atomic mass is 9.82. The van der Waals surface area contributed by atoms with Crippen LogP contribution in [0.4, 0.5) is 0 Å². The first-order valence-corrected chi connectivity index (χ1v) is 11.7. The number of carbonyl (C=O) groups excluding carboxylic acids is 2. The van der Waals surface area contributed by atoms with Crippen LogP contribution in [0.3, 0.4) is 0 Å². The number of nitrogens with one attached hydrogen (secondary N) is 2. The van der Waals surface area contributed by atoms with Crippen molar-refractivity contribution in [2.45, 2.75) is 37.6 Å². The maximum absolute atomic E-state index is 12.6. The summed E-state index contributed by atoms with van der Waals surface area (Å²) in [6.45, 7) is 0.0759. The van der Waals surface area contributed by atoms with Gasteiger partial charge in [0, 0.05) is 19.1 Å². The third-order valence-corrected chi connectivity index (χ3v) is 6.21. The quantitative estimate of drug-likeness (QED) is 0.608. The van der Waals surface area contributed by atoms with Crippen molar-refractivity contribution in [2.24, 2.45) is 0 Å². The van der Waals surface area contributed by atoms with Gasteiger partial charge in [0.15, 0.2) is 5.76 Å². The van der Waals surface area contributed by atoms with E-state index in [2.05, 4.69) is 22.2 Å². The first-order chi connectivity index (χ1) is 13.7. The molecular formula is C20H27N3O5S. The summed E-state index contributed by atoms with van der Waals surface area (Å²) < 4.78 is 24.5. The summed E-state index contributed by atoms with van der Waals surface area (Å²) in [5.74, 6) is -1.15. The van der Waals surface area contributed by atoms with E-state index in [0.717, 1.165) is 31.9 Å². The molecule has 9 heteroatoms. The summed E-state index contributed by atoms with van der Waals surface area (Å²) in [7, 11) is -3.36. The Kier molecular flexibility index (Phi) is 6.59. The molecule has 3 rings (SSSR count). The van der Waals surface area contributed by atoms with E-state index in [9.17, 15) is 23.1 Å². The fourth-order valence-electron chi connectivity index (χ4n) is 3.91. The van der Waals surface area contributed by atoms with Crippen molar-refractivity contribution in [3.05, 3.63) is 47.2 Å². The van der Waals surface area contributed by atoms with Crippen LogP contribution >= 0.6 is 0 Å². The van der Waals surface area contributed by atoms with E-state index >= 15 is 0 Å². The van der Waals surface area contributed by atoms with Crippen molar-refractivity contribution in [2.75, 3.05) is 25.9 Å². The minimum absolute atomic E-state index is 0.0128. The van der Waals surface area contributed by atoms with Crippen LogP contribution in [-0.4, -0.2) is 62.2 Å². The van der Waals surface area contributed by atoms with Crippen molar-refractivity contribution in [3.8, 4) is 0 Å². The summed E-state index contributed by atoms with van der Waals surface area (Å²) in [6, 6.07) is 10.3. The van der Waals surface area contributed by atoms with Gasteiger partial charge in [0.05, 0.1) is 18.4 Å². The number of aliphatic hydroxyl groups is 1. The zero-order valence-corrected chi connectivity index (χ0v) is 17.2. The number of hydrogen-bond acceptors (Lipinski definition) is 5. The van der Waals surface area contributed by atoms with Gasteiger partial charge >= 0.3 is 0 Å². The number of hydrogen-bond donors (Lipinski definition) is 3. The Bertz CT molecular complexity index is 890. The summed E-state index contributed by atoms with van der Waals surface area (Å²) in [5.41, 5.74) is 1.36. The van der Waals surface area contributed by atoms with Crippen LogP contribution < -0.4 is 10.0 Å². The molecule has 3 N–H and O–H groups in total. The molecular weight excluding hydrogens is 394 g/mol. The van der Waals surface area contributed by atoms with Gasteiger partial charge in [-0.25, -0.2) is 13.1 Å². The molecule has 29 heavy (non-hydrogen) atoms. The van der Waals surface area contributed by atoms with E-state index in [1.807, 2.05) is 18.2 Å². The second kappa shape index (κ2) is 8.96. The van der Waals surface area contributed by atoms with Crippen molar-refractivity contribution in [1.82, 2.24) is 14.9 Å². The van der Waals surface area contributed by atoms with Gasteiger partial charge in [-0.15, -0.1) is 0 Å². The van der Waals surface area contributed by atoms with Crippen molar-refractivity contribution in [3.63, 3.8) is 0 Å². The Hall–Kier alpha value is -2.39. The third kappa shape index (κ3) is 5.57. The Morgan fingerprint density at radius 2 is 1.83 bits per heavy atom. The van der Waals surface area contributed by atoms with Gasteiger partial charge < -0.3 is 15.3 Å². The van der Waals surface area contributed by atoms with E-state index < -0.39 is 27.6 Å². The Balaban J connectivity index is 1.50. The van der Waals surface area contributed by atoms with Crippen LogP contribution in [0.1, 0.15) is 37.2 Å². The molecule has 1 fully saturated rings. The topological polar surface area (TPSA) is 116 Å². The molecule has 1 saturated carbocycles. The summed E-state index contributed by atoms with van der Waals surface area (Å²) in [6.07, 6.45) is 4.66. The van der Waals surface area contributed by atoms with Crippen molar-refractivity contribution >= 4 is 21.8 Å². The zero-order valence-electron chi connectivity index (χ0n) is 16.4. The molecule has 0 saturated heterocycles. The molecule has 1 heterocycles. The predicted molar refractivity (Wildman–Crippen MR) is 109 cm³/mol. The van der Waals surface area contributed by atoms with Crippen LogP contribution in [-0.2, 0) is 19.6 Å². The molecule has 8 nitrogen and oxygen atoms in total. The van der Waals surface area contributed by atoms with E-state index in [4.69, 9.17) is 0 Å². The number of carbonyl (C=O) groups is 2. The molecule has 0 unspecified atom stereocenters. The molecule has 0 radical (unpaired) electrons. The molecule has 0 bridgehead atoms. The standard InChI is InChI=1S/C20H27N3O5S/c1-29(27,28)21-11-12-23-13-17(18(24)20(23)26)19(25)22-16-9-7-15(8-10-16)14-5-3-2-4-6-14/h2-6,15-16,21,24H,7-13H2,1H3,(H,22,25). The van der Waals surface area contributed by atoms with Gasteiger partial charge in [-0.05, 0) is 37.2 Å². The first-order valence-electron chi connectivity index (χ1n) is 9.76. The highest BCUT2D eigenvalue weighted by atomic mass is 32.2. The number of sulfonamides is 1. The summed E-state index contributed by atoms with van der Waals surface area (Å²) >= 11 is 0. The molecule has 1 aliphatic heterocycles. The summed E-state index contributed by atoms with van der Waals surface area (Å²) in [5, 5.41) is 13.0. The Morgan fingerprint density at radius 3 is 2.45 bits per heavy atom. The molecule has 2 amide bonds. The second-order valence-electron chi connectivity index (χ2n) is 7.65. The van der Waals surface area contributed by atoms with E-state index in [1.54, 1.807) is 0 Å². The third-order valence-electron chi connectivity index (χ3n) is 5.48. The molecule has 1 aromatic carbocycles. The van der Waals surface area contributed by atoms with Crippen LogP contribution in [0.5, 0.6) is 0 Å². The van der Waals surface area contributed by atoms with Gasteiger partial charge in [0.1, 0.15) is 0 Å². The van der Waals surface area contributed by atoms with Crippen LogP contribution in [0, 0.1) is 0 Å². The summed E-state index contributed by atoms with van der Waals surface area (Å²) in [4.78, 5) is 26.0. The van der Waals surface area contributed by atoms with E-state index in [-0.39, 0.29) is 31.2 Å². The molecule has 158 valence electrons. The second-order valence-corrected chi connectivity index (χ2v) is 9.49. The number of rotatable bonds is 7. The van der Waals surface area contributed by atoms with Crippen LogP contribution in [0.15, 0.2) is 41.7 Å². The average Bonchev–Trinajstić information content (AvgIpc) is 2.97. The lowest BCUT2D eigenvalue weighted by Crippen LogP contribution is -2.40. The molecule has 2 aliphatic rings. The molecule has 0 spiro atoms. The number of nitrogens with zero attached hydrogens (tertiary/aromatic N) is 1. The first kappa shape index (κ1) is 21.3. The zero-order chi connectivity index (χ0) is 21.0. The van der Waals surface area contributed by atoms with Gasteiger partial charge in [-0.3, -0.25) is 9.59 Å². The molecule has 0 atom stereocenters. The predicted octanol–water partition coefficient (Wildman–Crippen LogP) is 1.03. The largest absolute Gasteiger partial charge is 0.503 e. The van der Waals surface area contributed by atoms with Gasteiger partial charge in [-0.1, -0.05) is 30.3 Å². The smallest absolute Gasteiger partial charge is 0.289 e. The number of aliphatic hydroxyl groups excluding tert-OH is 1. The highest BCUT2D eigenvalue weighted by molar-refractivity contribution is 7.88. The van der Waals surface area contributed by atoms with E-state index in [0.29, 0.717) is 5.92 Å². The fraction of sp³-hybridized carbons (Fsp3) is 0.500. The lowest BCUT2D eigenvalue weighted by Gasteiger charge is -2.29. The van der Waals surface area contributed by atoms with E-state index in [1.165, 1.54) is 10.5 Å². The molecule has 1 aliphatic carbocycles. The monoisotopic (exact) mass is 421 g/mol. The van der Waals surface area contributed by atoms with Crippen molar-refractivity contribution < 1.29 is 23.1 Å². The van der Waals surface area contributed by atoms with Crippen LogP contribution in [0.25, 0.3) is 0 Å². The highest BCUT2D eigenvalue weighted by Crippen LogP contribution is 2.33. The normalized spacial score (nSPS) is 22.8. The molecule has 1 aromatic rings. The number of benzene rings is 1. The van der Waals surface area contributed by atoms with Crippen LogP contribution in [0.2, 0.25) is 0 Å². The maximum Gasteiger partial charge on any atom is 0.289 e. The minimum Gasteiger partial charge on any atom is -0.503 e. The maximum atomic E-state index is 12.6. The Morgan fingerprint density at radius 1 is 1.17 bits per heavy atom. The SMILES string of the molecule is CS(=O)(=O)NCCN1CC(C(=O)NC2CCC(c3ccccc3)CC2)=C(O)C1=O. The van der Waals surface area contributed by atoms with Gasteiger partial charge in [0.25, 0.3) is 11.8 Å². The van der Waals surface area contributed by atoms with Crippen molar-refractivity contribution in [1.29, 1.82) is 0 Å². The number of amides is 2. The molecule has 0 aromatic heterocycles. The minimum atomic E-state index is -3.36. The Labute approximate surface area is 171 Å².